The molecule has 0 spiro atoms. The lowest BCUT2D eigenvalue weighted by molar-refractivity contribution is 0.0697. The summed E-state index contributed by atoms with van der Waals surface area (Å²) in [6, 6.07) is 5.58. The van der Waals surface area contributed by atoms with Crippen LogP contribution in [0.5, 0.6) is 0 Å². The van der Waals surface area contributed by atoms with Crippen molar-refractivity contribution in [2.24, 2.45) is 0 Å². The molecule has 3 nitrogen and oxygen atoms in total. The van der Waals surface area contributed by atoms with Gasteiger partial charge in [0.2, 0.25) is 0 Å². The van der Waals surface area contributed by atoms with E-state index in [1.54, 1.807) is 18.2 Å². The van der Waals surface area contributed by atoms with Crippen molar-refractivity contribution in [3.05, 3.63) is 28.2 Å². The van der Waals surface area contributed by atoms with Crippen molar-refractivity contribution in [3.63, 3.8) is 0 Å². The Hall–Kier alpha value is -1.03. The maximum absolute atomic E-state index is 11.0. The summed E-state index contributed by atoms with van der Waals surface area (Å²) in [5.74, 6) is -0.883. The van der Waals surface area contributed by atoms with Crippen LogP contribution in [0.2, 0.25) is 0 Å². The highest BCUT2D eigenvalue weighted by Crippen LogP contribution is 2.27. The number of halogens is 1. The quantitative estimate of drug-likeness (QED) is 0.819. The van der Waals surface area contributed by atoms with Gasteiger partial charge in [-0.05, 0) is 47.0 Å². The SMILES string of the molecule is O=C(O)c1ccc(Br)c(NC2CCCCCC2)c1. The van der Waals surface area contributed by atoms with Crippen LogP contribution in [0.15, 0.2) is 22.7 Å². The normalized spacial score (nSPS) is 17.2. The van der Waals surface area contributed by atoms with Gasteiger partial charge in [-0.15, -0.1) is 0 Å². The molecule has 1 saturated carbocycles. The van der Waals surface area contributed by atoms with E-state index in [0.29, 0.717) is 11.6 Å². The molecule has 0 aromatic heterocycles. The van der Waals surface area contributed by atoms with Crippen LogP contribution >= 0.6 is 15.9 Å². The molecule has 1 fully saturated rings. The molecule has 0 saturated heterocycles. The molecule has 0 amide bonds. The average Bonchev–Trinajstić information content (AvgIpc) is 2.60. The lowest BCUT2D eigenvalue weighted by atomic mass is 10.1. The number of carboxylic acids is 1. The molecule has 1 aromatic rings. The van der Waals surface area contributed by atoms with E-state index >= 15 is 0 Å². The third-order valence-corrected chi connectivity index (χ3v) is 4.12. The van der Waals surface area contributed by atoms with Crippen molar-refractivity contribution >= 4 is 27.6 Å². The first kappa shape index (κ1) is 13.4. The Bertz CT molecular complexity index is 426. The summed E-state index contributed by atoms with van der Waals surface area (Å²) in [5, 5.41) is 12.5. The van der Waals surface area contributed by atoms with Crippen molar-refractivity contribution < 1.29 is 9.90 Å². The molecule has 18 heavy (non-hydrogen) atoms. The van der Waals surface area contributed by atoms with Gasteiger partial charge in [0.25, 0.3) is 0 Å². The van der Waals surface area contributed by atoms with Gasteiger partial charge in [0.15, 0.2) is 0 Å². The maximum Gasteiger partial charge on any atom is 0.335 e. The first-order valence-electron chi connectivity index (χ1n) is 6.46. The molecule has 0 bridgehead atoms. The molecule has 0 radical (unpaired) electrons. The summed E-state index contributed by atoms with van der Waals surface area (Å²) in [6.45, 7) is 0. The summed E-state index contributed by atoms with van der Waals surface area (Å²) >= 11 is 3.47. The number of benzene rings is 1. The highest BCUT2D eigenvalue weighted by molar-refractivity contribution is 9.10. The Morgan fingerprint density at radius 2 is 1.89 bits per heavy atom. The fourth-order valence-electron chi connectivity index (χ4n) is 2.41. The van der Waals surface area contributed by atoms with Crippen molar-refractivity contribution in [1.82, 2.24) is 0 Å². The lowest BCUT2D eigenvalue weighted by Crippen LogP contribution is -2.18. The Balaban J connectivity index is 2.11. The highest BCUT2D eigenvalue weighted by atomic mass is 79.9. The van der Waals surface area contributed by atoms with Crippen LogP contribution < -0.4 is 5.32 Å². The molecular weight excluding hydrogens is 294 g/mol. The largest absolute Gasteiger partial charge is 0.478 e. The van der Waals surface area contributed by atoms with Gasteiger partial charge >= 0.3 is 5.97 Å². The summed E-state index contributed by atoms with van der Waals surface area (Å²) < 4.78 is 0.928. The molecular formula is C14H18BrNO2. The van der Waals surface area contributed by atoms with E-state index in [2.05, 4.69) is 21.2 Å². The van der Waals surface area contributed by atoms with E-state index in [1.165, 1.54) is 38.5 Å². The second-order valence-corrected chi connectivity index (χ2v) is 5.69. The van der Waals surface area contributed by atoms with E-state index in [9.17, 15) is 4.79 Å². The Kier molecular flexibility index (Phi) is 4.64. The summed E-state index contributed by atoms with van der Waals surface area (Å²) in [4.78, 5) is 11.0. The van der Waals surface area contributed by atoms with Gasteiger partial charge < -0.3 is 10.4 Å². The summed E-state index contributed by atoms with van der Waals surface area (Å²) in [5.41, 5.74) is 1.22. The number of aromatic carboxylic acids is 1. The monoisotopic (exact) mass is 311 g/mol. The molecule has 0 unspecified atom stereocenters. The molecule has 2 N–H and O–H groups in total. The minimum Gasteiger partial charge on any atom is -0.478 e. The molecule has 0 heterocycles. The zero-order chi connectivity index (χ0) is 13.0. The number of nitrogens with one attached hydrogen (secondary N) is 1. The van der Waals surface area contributed by atoms with Crippen LogP contribution in [0.1, 0.15) is 48.9 Å². The van der Waals surface area contributed by atoms with Gasteiger partial charge in [0, 0.05) is 16.2 Å². The number of hydrogen-bond donors (Lipinski definition) is 2. The van der Waals surface area contributed by atoms with Crippen molar-refractivity contribution in [2.75, 3.05) is 5.32 Å². The Labute approximate surface area is 116 Å². The number of rotatable bonds is 3. The summed E-state index contributed by atoms with van der Waals surface area (Å²) in [6.07, 6.45) is 7.48. The first-order valence-corrected chi connectivity index (χ1v) is 7.25. The minimum absolute atomic E-state index is 0.328. The average molecular weight is 312 g/mol. The number of hydrogen-bond acceptors (Lipinski definition) is 2. The van der Waals surface area contributed by atoms with Crippen LogP contribution in [0.3, 0.4) is 0 Å². The van der Waals surface area contributed by atoms with Gasteiger partial charge in [-0.25, -0.2) is 4.79 Å². The zero-order valence-corrected chi connectivity index (χ0v) is 11.9. The molecule has 4 heteroatoms. The summed E-state index contributed by atoms with van der Waals surface area (Å²) in [7, 11) is 0. The van der Waals surface area contributed by atoms with Crippen molar-refractivity contribution in [2.45, 2.75) is 44.6 Å². The van der Waals surface area contributed by atoms with E-state index in [1.807, 2.05) is 0 Å². The zero-order valence-electron chi connectivity index (χ0n) is 10.3. The smallest absolute Gasteiger partial charge is 0.335 e. The van der Waals surface area contributed by atoms with Crippen molar-refractivity contribution in [1.29, 1.82) is 0 Å². The highest BCUT2D eigenvalue weighted by Gasteiger charge is 2.14. The predicted molar refractivity (Wildman–Crippen MR) is 76.2 cm³/mol. The molecule has 2 rings (SSSR count). The molecule has 0 atom stereocenters. The van der Waals surface area contributed by atoms with Crippen LogP contribution in [-0.4, -0.2) is 17.1 Å². The van der Waals surface area contributed by atoms with Crippen LogP contribution in [-0.2, 0) is 0 Å². The van der Waals surface area contributed by atoms with Gasteiger partial charge in [0.05, 0.1) is 5.56 Å². The Morgan fingerprint density at radius 1 is 1.22 bits per heavy atom. The number of anilines is 1. The van der Waals surface area contributed by atoms with Crippen LogP contribution in [0, 0.1) is 0 Å². The first-order chi connectivity index (χ1) is 8.66. The number of carbonyl (C=O) groups is 1. The molecule has 1 aliphatic carbocycles. The standard InChI is InChI=1S/C14H18BrNO2/c15-12-8-7-10(14(17)18)9-13(12)16-11-5-3-1-2-4-6-11/h7-9,11,16H,1-6H2,(H,17,18). The molecule has 1 aliphatic rings. The minimum atomic E-state index is -0.883. The van der Waals surface area contributed by atoms with Gasteiger partial charge in [-0.1, -0.05) is 25.7 Å². The molecule has 98 valence electrons. The third-order valence-electron chi connectivity index (χ3n) is 3.43. The third kappa shape index (κ3) is 3.48. The van der Waals surface area contributed by atoms with E-state index in [0.717, 1.165) is 10.2 Å². The van der Waals surface area contributed by atoms with Crippen molar-refractivity contribution in [3.8, 4) is 0 Å². The fourth-order valence-corrected chi connectivity index (χ4v) is 2.77. The number of carboxylic acid groups (broad SMARTS) is 1. The van der Waals surface area contributed by atoms with E-state index in [-0.39, 0.29) is 0 Å². The topological polar surface area (TPSA) is 49.3 Å². The second kappa shape index (κ2) is 6.23. The Morgan fingerprint density at radius 3 is 2.50 bits per heavy atom. The van der Waals surface area contributed by atoms with Gasteiger partial charge in [0.1, 0.15) is 0 Å². The van der Waals surface area contributed by atoms with E-state index < -0.39 is 5.97 Å². The van der Waals surface area contributed by atoms with Crippen LogP contribution in [0.25, 0.3) is 0 Å². The van der Waals surface area contributed by atoms with E-state index in [4.69, 9.17) is 5.11 Å². The second-order valence-electron chi connectivity index (χ2n) is 4.83. The van der Waals surface area contributed by atoms with Crippen LogP contribution in [0.4, 0.5) is 5.69 Å². The lowest BCUT2D eigenvalue weighted by Gasteiger charge is -2.19. The fraction of sp³-hybridized carbons (Fsp3) is 0.500. The van der Waals surface area contributed by atoms with Gasteiger partial charge in [-0.2, -0.15) is 0 Å². The molecule has 1 aromatic carbocycles. The maximum atomic E-state index is 11.0. The predicted octanol–water partition coefficient (Wildman–Crippen LogP) is 4.28. The molecule has 0 aliphatic heterocycles. The van der Waals surface area contributed by atoms with Gasteiger partial charge in [-0.3, -0.25) is 0 Å².